The molecule has 3 heteroatoms. The zero-order valence-electron chi connectivity index (χ0n) is 20.2. The van der Waals surface area contributed by atoms with Crippen LogP contribution in [0.5, 0.6) is 5.75 Å². The predicted octanol–water partition coefficient (Wildman–Crippen LogP) is 8.36. The first-order valence-corrected chi connectivity index (χ1v) is 13.2. The molecule has 1 saturated carbocycles. The van der Waals surface area contributed by atoms with Gasteiger partial charge in [0.2, 0.25) is 0 Å². The number of rotatable bonds is 16. The van der Waals surface area contributed by atoms with E-state index in [9.17, 15) is 4.79 Å². The molecule has 1 aromatic carbocycles. The fraction of sp³-hybridized carbons (Fsp3) is 0.750. The second-order valence-corrected chi connectivity index (χ2v) is 9.24. The maximum Gasteiger partial charge on any atom is 0.306 e. The molecule has 31 heavy (non-hydrogen) atoms. The fourth-order valence-electron chi connectivity index (χ4n) is 4.65. The van der Waals surface area contributed by atoms with Gasteiger partial charge in [-0.25, -0.2) is 0 Å². The first-order valence-electron chi connectivity index (χ1n) is 13.2. The summed E-state index contributed by atoms with van der Waals surface area (Å²) < 4.78 is 12.1. The quantitative estimate of drug-likeness (QED) is 0.195. The van der Waals surface area contributed by atoms with Crippen molar-refractivity contribution >= 4 is 5.97 Å². The van der Waals surface area contributed by atoms with E-state index >= 15 is 0 Å². The largest absolute Gasteiger partial charge is 0.493 e. The maximum absolute atomic E-state index is 12.5. The third-order valence-corrected chi connectivity index (χ3v) is 6.54. The minimum Gasteiger partial charge on any atom is -0.493 e. The van der Waals surface area contributed by atoms with Crippen LogP contribution in [0.2, 0.25) is 0 Å². The van der Waals surface area contributed by atoms with Gasteiger partial charge >= 0.3 is 5.97 Å². The maximum atomic E-state index is 12.5. The van der Waals surface area contributed by atoms with Crippen LogP contribution in [0, 0.1) is 0 Å². The Kier molecular flexibility index (Phi) is 13.4. The molecular weight excluding hydrogens is 384 g/mol. The molecule has 0 radical (unpaired) electrons. The van der Waals surface area contributed by atoms with Crippen molar-refractivity contribution in [3.63, 3.8) is 0 Å². The first kappa shape index (κ1) is 25.7. The lowest BCUT2D eigenvalue weighted by atomic mass is 9.81. The van der Waals surface area contributed by atoms with Gasteiger partial charge in [0, 0.05) is 17.9 Å². The van der Waals surface area contributed by atoms with Crippen LogP contribution in [0.15, 0.2) is 24.3 Å². The van der Waals surface area contributed by atoms with E-state index in [0.717, 1.165) is 57.3 Å². The molecule has 0 amide bonds. The van der Waals surface area contributed by atoms with Crippen molar-refractivity contribution in [3.8, 4) is 5.75 Å². The summed E-state index contributed by atoms with van der Waals surface area (Å²) in [4.78, 5) is 12.5. The molecule has 2 rings (SSSR count). The molecule has 1 aromatic rings. The van der Waals surface area contributed by atoms with Gasteiger partial charge in [-0.3, -0.25) is 4.79 Å². The third-order valence-electron chi connectivity index (χ3n) is 6.54. The molecule has 0 unspecified atom stereocenters. The third kappa shape index (κ3) is 10.1. The van der Waals surface area contributed by atoms with Gasteiger partial charge in [0.1, 0.15) is 11.9 Å². The van der Waals surface area contributed by atoms with Gasteiger partial charge in [-0.05, 0) is 38.2 Å². The van der Waals surface area contributed by atoms with Crippen LogP contribution in [0.1, 0.15) is 128 Å². The van der Waals surface area contributed by atoms with E-state index in [1.807, 2.05) is 6.07 Å². The van der Waals surface area contributed by atoms with Gasteiger partial charge in [-0.2, -0.15) is 0 Å². The Labute approximate surface area is 191 Å². The molecule has 0 aliphatic heterocycles. The van der Waals surface area contributed by atoms with Crippen LogP contribution in [-0.4, -0.2) is 18.7 Å². The first-order chi connectivity index (χ1) is 15.3. The molecule has 0 bridgehead atoms. The van der Waals surface area contributed by atoms with Crippen LogP contribution in [0.4, 0.5) is 0 Å². The van der Waals surface area contributed by atoms with Gasteiger partial charge in [0.15, 0.2) is 0 Å². The summed E-state index contributed by atoms with van der Waals surface area (Å²) in [7, 11) is 0. The monoisotopic (exact) mass is 430 g/mol. The highest BCUT2D eigenvalue weighted by Crippen LogP contribution is 2.39. The highest BCUT2D eigenvalue weighted by Gasteiger charge is 2.31. The van der Waals surface area contributed by atoms with Crippen LogP contribution in [0.25, 0.3) is 0 Å². The molecule has 2 atom stereocenters. The highest BCUT2D eigenvalue weighted by molar-refractivity contribution is 5.69. The average Bonchev–Trinajstić information content (AvgIpc) is 2.79. The number of ether oxygens (including phenoxy) is 2. The molecule has 176 valence electrons. The summed E-state index contributed by atoms with van der Waals surface area (Å²) >= 11 is 0. The SMILES string of the molecule is CCCCCCCCCCCC(=O)O[C@@H]1CCCC[C@H]1c1ccccc1OCCCC. The zero-order chi connectivity index (χ0) is 22.2. The Balaban J connectivity index is 1.75. The molecule has 0 aromatic heterocycles. The summed E-state index contributed by atoms with van der Waals surface area (Å²) in [6.45, 7) is 5.19. The number of benzene rings is 1. The van der Waals surface area contributed by atoms with Crippen molar-refractivity contribution < 1.29 is 14.3 Å². The number of carbonyl (C=O) groups is 1. The van der Waals surface area contributed by atoms with Crippen molar-refractivity contribution in [2.75, 3.05) is 6.61 Å². The molecule has 0 N–H and O–H groups in total. The van der Waals surface area contributed by atoms with Crippen LogP contribution >= 0.6 is 0 Å². The van der Waals surface area contributed by atoms with E-state index in [1.165, 1.54) is 56.9 Å². The van der Waals surface area contributed by atoms with Gasteiger partial charge in [-0.1, -0.05) is 96.3 Å². The van der Waals surface area contributed by atoms with Crippen molar-refractivity contribution in [1.29, 1.82) is 0 Å². The predicted molar refractivity (Wildman–Crippen MR) is 130 cm³/mol. The van der Waals surface area contributed by atoms with E-state index < -0.39 is 0 Å². The average molecular weight is 431 g/mol. The summed E-state index contributed by atoms with van der Waals surface area (Å²) in [6.07, 6.45) is 18.5. The topological polar surface area (TPSA) is 35.5 Å². The number of hydrogen-bond donors (Lipinski definition) is 0. The number of para-hydroxylation sites is 1. The lowest BCUT2D eigenvalue weighted by Crippen LogP contribution is -2.29. The van der Waals surface area contributed by atoms with Crippen molar-refractivity contribution in [3.05, 3.63) is 29.8 Å². The van der Waals surface area contributed by atoms with E-state index in [0.29, 0.717) is 6.42 Å². The Hall–Kier alpha value is -1.51. The van der Waals surface area contributed by atoms with Crippen molar-refractivity contribution in [1.82, 2.24) is 0 Å². The summed E-state index contributed by atoms with van der Waals surface area (Å²) in [6, 6.07) is 8.36. The molecule has 3 nitrogen and oxygen atoms in total. The molecule has 1 aliphatic rings. The summed E-state index contributed by atoms with van der Waals surface area (Å²) in [5.74, 6) is 1.23. The van der Waals surface area contributed by atoms with E-state index in [-0.39, 0.29) is 18.0 Å². The highest BCUT2D eigenvalue weighted by atomic mass is 16.5. The van der Waals surface area contributed by atoms with Crippen LogP contribution in [0.3, 0.4) is 0 Å². The minimum absolute atomic E-state index is 0.00394. The molecule has 1 aliphatic carbocycles. The smallest absolute Gasteiger partial charge is 0.306 e. The number of unbranched alkanes of at least 4 members (excludes halogenated alkanes) is 9. The summed E-state index contributed by atoms with van der Waals surface area (Å²) in [5.41, 5.74) is 1.22. The molecule has 1 fully saturated rings. The number of hydrogen-bond acceptors (Lipinski definition) is 3. The Morgan fingerprint density at radius 1 is 0.839 bits per heavy atom. The van der Waals surface area contributed by atoms with Gasteiger partial charge < -0.3 is 9.47 Å². The lowest BCUT2D eigenvalue weighted by Gasteiger charge is -2.32. The molecule has 0 heterocycles. The number of esters is 1. The Morgan fingerprint density at radius 3 is 2.23 bits per heavy atom. The van der Waals surface area contributed by atoms with E-state index in [2.05, 4.69) is 32.0 Å². The van der Waals surface area contributed by atoms with E-state index in [1.54, 1.807) is 0 Å². The fourth-order valence-corrected chi connectivity index (χ4v) is 4.65. The van der Waals surface area contributed by atoms with Crippen molar-refractivity contribution in [2.45, 2.75) is 129 Å². The lowest BCUT2D eigenvalue weighted by molar-refractivity contribution is -0.151. The second kappa shape index (κ2) is 16.2. The zero-order valence-corrected chi connectivity index (χ0v) is 20.2. The van der Waals surface area contributed by atoms with Gasteiger partial charge in [0.05, 0.1) is 6.61 Å². The molecular formula is C28H46O3. The molecule has 0 spiro atoms. The van der Waals surface area contributed by atoms with Gasteiger partial charge in [0.25, 0.3) is 0 Å². The number of carbonyl (C=O) groups excluding carboxylic acids is 1. The van der Waals surface area contributed by atoms with Crippen molar-refractivity contribution in [2.24, 2.45) is 0 Å². The normalized spacial score (nSPS) is 18.6. The Bertz CT molecular complexity index is 598. The van der Waals surface area contributed by atoms with E-state index in [4.69, 9.17) is 9.47 Å². The summed E-state index contributed by atoms with van der Waals surface area (Å²) in [5, 5.41) is 0. The minimum atomic E-state index is -0.00997. The van der Waals surface area contributed by atoms with Gasteiger partial charge in [-0.15, -0.1) is 0 Å². The second-order valence-electron chi connectivity index (χ2n) is 9.24. The van der Waals surface area contributed by atoms with Crippen LogP contribution < -0.4 is 4.74 Å². The van der Waals surface area contributed by atoms with Crippen LogP contribution in [-0.2, 0) is 9.53 Å². The Morgan fingerprint density at radius 2 is 1.48 bits per heavy atom. The standard InChI is InChI=1S/C28H46O3/c1-3-5-7-8-9-10-11-12-13-22-28(29)31-27-21-17-15-19-25(27)24-18-14-16-20-26(24)30-23-6-4-2/h14,16,18,20,25,27H,3-13,15,17,19,21-23H2,1-2H3/t25-,27+/m0/s1. The molecule has 0 saturated heterocycles.